The van der Waals surface area contributed by atoms with E-state index in [1.165, 1.54) is 18.9 Å². The van der Waals surface area contributed by atoms with Gasteiger partial charge in [-0.1, -0.05) is 82.2 Å². The van der Waals surface area contributed by atoms with Crippen molar-refractivity contribution < 1.29 is 22.6 Å². The van der Waals surface area contributed by atoms with Gasteiger partial charge in [0.05, 0.1) is 6.61 Å². The highest BCUT2D eigenvalue weighted by molar-refractivity contribution is 5.54. The maximum Gasteiger partial charge on any atom is 0.205 e. The van der Waals surface area contributed by atoms with Crippen molar-refractivity contribution in [2.45, 2.75) is 66.2 Å². The van der Waals surface area contributed by atoms with Crippen molar-refractivity contribution in [3.8, 4) is 17.2 Å². The number of ether oxygens (including phenoxy) is 2. The van der Waals surface area contributed by atoms with Crippen LogP contribution in [-0.2, 0) is 12.8 Å². The molecule has 0 saturated heterocycles. The Bertz CT molecular complexity index is 1150. The molecule has 2 unspecified atom stereocenters. The molecule has 0 fully saturated rings. The molecule has 0 N–H and O–H groups in total. The van der Waals surface area contributed by atoms with Crippen molar-refractivity contribution in [1.82, 2.24) is 0 Å². The molecule has 2 atom stereocenters. The maximum absolute atomic E-state index is 15.3. The number of rotatable bonds is 12. The summed E-state index contributed by atoms with van der Waals surface area (Å²) in [6.07, 6.45) is 8.60. The number of hydrogen-bond donors (Lipinski definition) is 0. The summed E-state index contributed by atoms with van der Waals surface area (Å²) in [5.41, 5.74) is 3.38. The van der Waals surface area contributed by atoms with Crippen LogP contribution in [0.5, 0.6) is 17.2 Å². The van der Waals surface area contributed by atoms with E-state index in [9.17, 15) is 8.78 Å². The first kappa shape index (κ1) is 27.6. The lowest BCUT2D eigenvalue weighted by molar-refractivity contribution is 0.306. The van der Waals surface area contributed by atoms with Gasteiger partial charge in [-0.3, -0.25) is 0 Å². The Labute approximate surface area is 213 Å². The lowest BCUT2D eigenvalue weighted by atomic mass is 9.91. The molecule has 36 heavy (non-hydrogen) atoms. The van der Waals surface area contributed by atoms with Crippen molar-refractivity contribution in [1.29, 1.82) is 0 Å². The van der Waals surface area contributed by atoms with Crippen LogP contribution in [0.1, 0.15) is 70.1 Å². The third-order valence-corrected chi connectivity index (χ3v) is 7.02. The standard InChI is InChI=1S/C31H37F3O2/c1-7-19(3)9-12-21(5)22(6)13-10-20(4)11-14-23-15-16-24-17-25-18-26(35-8-2)28(33)29(34)31(25)36-30(24)27(23)32/h10,13,15-16,18-19,21H,4,6-9,11-12,14,17H2,1-3,5H3/b13-10-. The van der Waals surface area contributed by atoms with Gasteiger partial charge in [-0.2, -0.15) is 8.78 Å². The Balaban J connectivity index is 1.64. The van der Waals surface area contributed by atoms with E-state index in [0.717, 1.165) is 17.6 Å². The van der Waals surface area contributed by atoms with E-state index in [-0.39, 0.29) is 30.3 Å². The third kappa shape index (κ3) is 6.43. The quantitative estimate of drug-likeness (QED) is 0.232. The van der Waals surface area contributed by atoms with E-state index in [1.807, 2.05) is 12.2 Å². The average molecular weight is 499 g/mol. The van der Waals surface area contributed by atoms with Gasteiger partial charge >= 0.3 is 0 Å². The Kier molecular flexibility index (Phi) is 9.47. The fourth-order valence-electron chi connectivity index (χ4n) is 4.22. The second-order valence-corrected chi connectivity index (χ2v) is 9.79. The fourth-order valence-corrected chi connectivity index (χ4v) is 4.22. The topological polar surface area (TPSA) is 18.5 Å². The third-order valence-electron chi connectivity index (χ3n) is 7.02. The van der Waals surface area contributed by atoms with Gasteiger partial charge in [-0.05, 0) is 49.7 Å². The Morgan fingerprint density at radius 2 is 1.72 bits per heavy atom. The second-order valence-electron chi connectivity index (χ2n) is 9.79. The zero-order valence-electron chi connectivity index (χ0n) is 21.9. The van der Waals surface area contributed by atoms with Crippen molar-refractivity contribution in [3.05, 3.63) is 88.8 Å². The van der Waals surface area contributed by atoms with Gasteiger partial charge in [0.15, 0.2) is 23.1 Å². The van der Waals surface area contributed by atoms with Crippen molar-refractivity contribution >= 4 is 0 Å². The van der Waals surface area contributed by atoms with Crippen molar-refractivity contribution in [2.24, 2.45) is 11.8 Å². The fraction of sp³-hybridized carbons (Fsp3) is 0.419. The average Bonchev–Trinajstić information content (AvgIpc) is 2.87. The minimum Gasteiger partial charge on any atom is -0.491 e. The normalized spacial score (nSPS) is 14.1. The molecular formula is C31H37F3O2. The SMILES string of the molecule is C=C(/C=C\C(=C)C(C)CCC(C)CC)CCc1ccc2c(c1F)Oc1c(cc(OCC)c(F)c1F)C2. The van der Waals surface area contributed by atoms with Crippen LogP contribution >= 0.6 is 0 Å². The number of benzene rings is 2. The molecule has 3 rings (SSSR count). The molecule has 0 aliphatic carbocycles. The lowest BCUT2D eigenvalue weighted by Crippen LogP contribution is -2.10. The summed E-state index contributed by atoms with van der Waals surface area (Å²) in [6, 6.07) is 4.91. The molecule has 1 aliphatic rings. The molecule has 0 aromatic heterocycles. The van der Waals surface area contributed by atoms with Crippen LogP contribution in [0.4, 0.5) is 13.2 Å². The van der Waals surface area contributed by atoms with Gasteiger partial charge in [0.1, 0.15) is 0 Å². The zero-order chi connectivity index (χ0) is 26.4. The van der Waals surface area contributed by atoms with Gasteiger partial charge < -0.3 is 9.47 Å². The van der Waals surface area contributed by atoms with Gasteiger partial charge in [0.2, 0.25) is 11.6 Å². The van der Waals surface area contributed by atoms with Gasteiger partial charge in [0, 0.05) is 17.5 Å². The van der Waals surface area contributed by atoms with Gasteiger partial charge in [-0.25, -0.2) is 4.39 Å². The highest BCUT2D eigenvalue weighted by Crippen LogP contribution is 2.43. The van der Waals surface area contributed by atoms with E-state index < -0.39 is 17.5 Å². The highest BCUT2D eigenvalue weighted by atomic mass is 19.2. The first-order valence-electron chi connectivity index (χ1n) is 12.8. The number of allylic oxidation sites excluding steroid dienone is 4. The molecule has 2 aromatic carbocycles. The smallest absolute Gasteiger partial charge is 0.205 e. The summed E-state index contributed by atoms with van der Waals surface area (Å²) in [5, 5.41) is 0. The van der Waals surface area contributed by atoms with Crippen LogP contribution in [0.15, 0.2) is 54.7 Å². The summed E-state index contributed by atoms with van der Waals surface area (Å²) in [5.74, 6) is -2.23. The van der Waals surface area contributed by atoms with Crippen LogP contribution in [0.25, 0.3) is 0 Å². The van der Waals surface area contributed by atoms with Crippen LogP contribution in [0.3, 0.4) is 0 Å². The summed E-state index contributed by atoms with van der Waals surface area (Å²) in [4.78, 5) is 0. The van der Waals surface area contributed by atoms with Crippen LogP contribution in [0, 0.1) is 29.3 Å². The molecule has 0 amide bonds. The van der Waals surface area contributed by atoms with Crippen LogP contribution in [-0.4, -0.2) is 6.61 Å². The molecule has 5 heteroatoms. The van der Waals surface area contributed by atoms with Crippen LogP contribution < -0.4 is 9.47 Å². The molecular weight excluding hydrogens is 461 g/mol. The number of halogens is 3. The summed E-state index contributed by atoms with van der Waals surface area (Å²) >= 11 is 0. The predicted molar refractivity (Wildman–Crippen MR) is 140 cm³/mol. The van der Waals surface area contributed by atoms with Crippen LogP contribution in [0.2, 0.25) is 0 Å². The zero-order valence-corrected chi connectivity index (χ0v) is 21.9. The van der Waals surface area contributed by atoms with E-state index in [2.05, 4.69) is 33.9 Å². The summed E-state index contributed by atoms with van der Waals surface area (Å²) in [6.45, 7) is 16.8. The molecule has 0 radical (unpaired) electrons. The largest absolute Gasteiger partial charge is 0.491 e. The van der Waals surface area contributed by atoms with Crippen molar-refractivity contribution in [2.75, 3.05) is 6.61 Å². The Morgan fingerprint density at radius 3 is 2.42 bits per heavy atom. The molecule has 1 heterocycles. The first-order valence-corrected chi connectivity index (χ1v) is 12.8. The Hall–Kier alpha value is -2.95. The predicted octanol–water partition coefficient (Wildman–Crippen LogP) is 9.26. The molecule has 0 bridgehead atoms. The van der Waals surface area contributed by atoms with Crippen molar-refractivity contribution in [3.63, 3.8) is 0 Å². The van der Waals surface area contributed by atoms with E-state index >= 15 is 4.39 Å². The summed E-state index contributed by atoms with van der Waals surface area (Å²) < 4.78 is 55.0. The highest BCUT2D eigenvalue weighted by Gasteiger charge is 2.28. The molecule has 0 spiro atoms. The minimum absolute atomic E-state index is 0.0490. The molecule has 2 aromatic rings. The maximum atomic E-state index is 15.3. The molecule has 2 nitrogen and oxygen atoms in total. The summed E-state index contributed by atoms with van der Waals surface area (Å²) in [7, 11) is 0. The molecule has 0 saturated carbocycles. The van der Waals surface area contributed by atoms with E-state index in [0.29, 0.717) is 41.4 Å². The first-order chi connectivity index (χ1) is 17.2. The monoisotopic (exact) mass is 498 g/mol. The second kappa shape index (κ2) is 12.3. The Morgan fingerprint density at radius 1 is 1.00 bits per heavy atom. The van der Waals surface area contributed by atoms with Gasteiger partial charge in [0.25, 0.3) is 0 Å². The lowest BCUT2D eigenvalue weighted by Gasteiger charge is -2.23. The minimum atomic E-state index is -1.16. The van der Waals surface area contributed by atoms with E-state index in [1.54, 1.807) is 19.1 Å². The molecule has 194 valence electrons. The van der Waals surface area contributed by atoms with E-state index in [4.69, 9.17) is 9.47 Å². The number of hydrogen-bond acceptors (Lipinski definition) is 2. The molecule has 1 aliphatic heterocycles. The number of aryl methyl sites for hydroxylation is 1. The van der Waals surface area contributed by atoms with Gasteiger partial charge in [-0.15, -0.1) is 0 Å². The number of fused-ring (bicyclic) bond motifs is 2.